The van der Waals surface area contributed by atoms with E-state index in [9.17, 15) is 9.59 Å². The van der Waals surface area contributed by atoms with Crippen LogP contribution in [0.2, 0.25) is 0 Å². The number of carbonyl (C=O) groups excluding carboxylic acids is 2. The summed E-state index contributed by atoms with van der Waals surface area (Å²) >= 11 is 0. The lowest BCUT2D eigenvalue weighted by molar-refractivity contribution is -0.152. The van der Waals surface area contributed by atoms with Crippen LogP contribution in [0.4, 0.5) is 0 Å². The Bertz CT molecular complexity index is 748. The van der Waals surface area contributed by atoms with E-state index in [4.69, 9.17) is 0 Å². The fraction of sp³-hybridized carbons (Fsp3) is 0.652. The Morgan fingerprint density at radius 2 is 1.61 bits per heavy atom. The lowest BCUT2D eigenvalue weighted by Crippen LogP contribution is -2.58. The van der Waals surface area contributed by atoms with Crippen molar-refractivity contribution in [2.24, 2.45) is 11.8 Å². The van der Waals surface area contributed by atoms with Crippen molar-refractivity contribution in [1.82, 2.24) is 14.7 Å². The SMILES string of the molecule is Cc1ccc([C@H]2CCCN2C(=O)C2CN(C(=O)C3CCN(C)CC3)C2)cc1C. The number of likely N-dealkylation sites (tertiary alicyclic amines) is 3. The largest absolute Gasteiger partial charge is 0.341 e. The summed E-state index contributed by atoms with van der Waals surface area (Å²) in [6.45, 7) is 8.32. The van der Waals surface area contributed by atoms with Crippen LogP contribution in [0.1, 0.15) is 48.4 Å². The van der Waals surface area contributed by atoms with Gasteiger partial charge in [-0.15, -0.1) is 0 Å². The van der Waals surface area contributed by atoms with E-state index in [2.05, 4.69) is 48.9 Å². The van der Waals surface area contributed by atoms with Crippen LogP contribution in [0.3, 0.4) is 0 Å². The highest BCUT2D eigenvalue weighted by Crippen LogP contribution is 2.35. The summed E-state index contributed by atoms with van der Waals surface area (Å²) in [5.41, 5.74) is 3.84. The Kier molecular flexibility index (Phi) is 5.46. The van der Waals surface area contributed by atoms with Crippen LogP contribution in [0, 0.1) is 25.7 Å². The molecule has 1 atom stereocenters. The number of piperidine rings is 1. The number of hydrogen-bond acceptors (Lipinski definition) is 3. The highest BCUT2D eigenvalue weighted by Gasteiger charge is 2.42. The minimum Gasteiger partial charge on any atom is -0.341 e. The number of aryl methyl sites for hydroxylation is 2. The first kappa shape index (κ1) is 19.4. The van der Waals surface area contributed by atoms with E-state index in [-0.39, 0.29) is 29.7 Å². The number of benzene rings is 1. The van der Waals surface area contributed by atoms with Gasteiger partial charge in [0.1, 0.15) is 0 Å². The van der Waals surface area contributed by atoms with Crippen molar-refractivity contribution in [1.29, 1.82) is 0 Å². The molecule has 0 radical (unpaired) electrons. The van der Waals surface area contributed by atoms with Gasteiger partial charge in [0.25, 0.3) is 0 Å². The summed E-state index contributed by atoms with van der Waals surface area (Å²) in [4.78, 5) is 32.1. The molecule has 1 aromatic rings. The molecule has 0 spiro atoms. The summed E-state index contributed by atoms with van der Waals surface area (Å²) in [6, 6.07) is 6.78. The molecule has 0 unspecified atom stereocenters. The van der Waals surface area contributed by atoms with Crippen LogP contribution in [-0.4, -0.2) is 66.3 Å². The first-order chi connectivity index (χ1) is 13.4. The fourth-order valence-electron chi connectivity index (χ4n) is 4.91. The van der Waals surface area contributed by atoms with Crippen LogP contribution >= 0.6 is 0 Å². The predicted octanol–water partition coefficient (Wildman–Crippen LogP) is 2.77. The highest BCUT2D eigenvalue weighted by molar-refractivity contribution is 5.86. The zero-order chi connectivity index (χ0) is 19.8. The molecule has 0 N–H and O–H groups in total. The maximum Gasteiger partial charge on any atom is 0.229 e. The minimum absolute atomic E-state index is 0.0117. The lowest BCUT2D eigenvalue weighted by atomic mass is 9.90. The average Bonchev–Trinajstić information content (AvgIpc) is 3.13. The zero-order valence-corrected chi connectivity index (χ0v) is 17.5. The molecule has 0 saturated carbocycles. The van der Waals surface area contributed by atoms with Crippen LogP contribution in [0.5, 0.6) is 0 Å². The van der Waals surface area contributed by atoms with Gasteiger partial charge in [0.2, 0.25) is 11.8 Å². The van der Waals surface area contributed by atoms with Crippen molar-refractivity contribution in [3.63, 3.8) is 0 Å². The Hall–Kier alpha value is -1.88. The number of carbonyl (C=O) groups is 2. The van der Waals surface area contributed by atoms with Gasteiger partial charge in [-0.2, -0.15) is 0 Å². The minimum atomic E-state index is -0.0117. The predicted molar refractivity (Wildman–Crippen MR) is 110 cm³/mol. The third-order valence-electron chi connectivity index (χ3n) is 7.06. The van der Waals surface area contributed by atoms with Gasteiger partial charge in [0.15, 0.2) is 0 Å². The molecule has 0 aliphatic carbocycles. The molecule has 3 aliphatic heterocycles. The topological polar surface area (TPSA) is 43.9 Å². The van der Waals surface area contributed by atoms with Gasteiger partial charge < -0.3 is 14.7 Å². The van der Waals surface area contributed by atoms with Crippen molar-refractivity contribution < 1.29 is 9.59 Å². The van der Waals surface area contributed by atoms with Crippen LogP contribution in [0.15, 0.2) is 18.2 Å². The van der Waals surface area contributed by atoms with E-state index >= 15 is 0 Å². The standard InChI is InChI=1S/C23H33N3O2/c1-16-6-7-19(13-17(16)2)21-5-4-10-26(21)23(28)20-14-25(15-20)22(27)18-8-11-24(3)12-9-18/h6-7,13,18,20-21H,4-5,8-12,14-15H2,1-3H3/t21-/m1/s1. The van der Waals surface area contributed by atoms with Crippen molar-refractivity contribution in [3.8, 4) is 0 Å². The summed E-state index contributed by atoms with van der Waals surface area (Å²) in [7, 11) is 2.11. The van der Waals surface area contributed by atoms with E-state index in [1.165, 1.54) is 16.7 Å². The zero-order valence-electron chi connectivity index (χ0n) is 17.5. The van der Waals surface area contributed by atoms with Gasteiger partial charge in [-0.3, -0.25) is 9.59 Å². The molecule has 28 heavy (non-hydrogen) atoms. The molecule has 3 saturated heterocycles. The Morgan fingerprint density at radius 3 is 2.29 bits per heavy atom. The molecule has 5 heteroatoms. The summed E-state index contributed by atoms with van der Waals surface area (Å²) < 4.78 is 0. The van der Waals surface area contributed by atoms with Crippen LogP contribution in [0.25, 0.3) is 0 Å². The molecule has 3 aliphatic rings. The Morgan fingerprint density at radius 1 is 0.893 bits per heavy atom. The Labute approximate surface area is 168 Å². The molecule has 3 heterocycles. The third-order valence-corrected chi connectivity index (χ3v) is 7.06. The lowest BCUT2D eigenvalue weighted by Gasteiger charge is -2.43. The molecule has 2 amide bonds. The summed E-state index contributed by atoms with van der Waals surface area (Å²) in [5, 5.41) is 0. The van der Waals surface area contributed by atoms with Crippen molar-refractivity contribution in [2.75, 3.05) is 39.8 Å². The average molecular weight is 384 g/mol. The molecule has 0 bridgehead atoms. The van der Waals surface area contributed by atoms with E-state index in [1.807, 2.05) is 4.90 Å². The molecular formula is C23H33N3O2. The highest BCUT2D eigenvalue weighted by atomic mass is 16.2. The van der Waals surface area contributed by atoms with E-state index < -0.39 is 0 Å². The van der Waals surface area contributed by atoms with E-state index in [0.29, 0.717) is 13.1 Å². The summed E-state index contributed by atoms with van der Waals surface area (Å²) in [6.07, 6.45) is 4.00. The van der Waals surface area contributed by atoms with Crippen molar-refractivity contribution >= 4 is 11.8 Å². The maximum absolute atomic E-state index is 13.1. The molecule has 1 aromatic carbocycles. The molecule has 3 fully saturated rings. The van der Waals surface area contributed by atoms with Gasteiger partial charge >= 0.3 is 0 Å². The first-order valence-corrected chi connectivity index (χ1v) is 10.8. The number of hydrogen-bond donors (Lipinski definition) is 0. The molecule has 4 rings (SSSR count). The molecule has 5 nitrogen and oxygen atoms in total. The first-order valence-electron chi connectivity index (χ1n) is 10.8. The maximum atomic E-state index is 13.1. The number of nitrogens with zero attached hydrogens (tertiary/aromatic N) is 3. The number of amides is 2. The monoisotopic (exact) mass is 383 g/mol. The van der Waals surface area contributed by atoms with Gasteiger partial charge in [0.05, 0.1) is 12.0 Å². The van der Waals surface area contributed by atoms with Crippen molar-refractivity contribution in [3.05, 3.63) is 34.9 Å². The quantitative estimate of drug-likeness (QED) is 0.806. The van der Waals surface area contributed by atoms with Gasteiger partial charge in [-0.25, -0.2) is 0 Å². The molecule has 152 valence electrons. The molecule has 0 aromatic heterocycles. The third kappa shape index (κ3) is 3.69. The summed E-state index contributed by atoms with van der Waals surface area (Å²) in [5.74, 6) is 0.655. The smallest absolute Gasteiger partial charge is 0.229 e. The van der Waals surface area contributed by atoms with Crippen LogP contribution in [-0.2, 0) is 9.59 Å². The van der Waals surface area contributed by atoms with Crippen LogP contribution < -0.4 is 0 Å². The van der Waals surface area contributed by atoms with E-state index in [0.717, 1.165) is 45.3 Å². The molecular weight excluding hydrogens is 350 g/mol. The second-order valence-electron chi connectivity index (χ2n) is 9.05. The normalized spacial score (nSPS) is 24.5. The van der Waals surface area contributed by atoms with Crippen molar-refractivity contribution in [2.45, 2.75) is 45.6 Å². The van der Waals surface area contributed by atoms with Gasteiger partial charge in [-0.1, -0.05) is 18.2 Å². The van der Waals surface area contributed by atoms with E-state index in [1.54, 1.807) is 0 Å². The Balaban J connectivity index is 1.35. The number of rotatable bonds is 3. The second kappa shape index (κ2) is 7.86. The fourth-order valence-corrected chi connectivity index (χ4v) is 4.91. The van der Waals surface area contributed by atoms with Gasteiger partial charge in [0, 0.05) is 25.6 Å². The second-order valence-corrected chi connectivity index (χ2v) is 9.05. The van der Waals surface area contributed by atoms with Gasteiger partial charge in [-0.05, 0) is 76.4 Å².